The molecule has 19 heteroatoms. The molecule has 2 unspecified atom stereocenters. The van der Waals surface area contributed by atoms with Crippen molar-refractivity contribution in [2.45, 2.75) is 354 Å². The standard InChI is InChI=1S/C75H136O17P2/c1-5-9-13-17-21-25-29-33-34-38-42-46-50-54-58-62-75(80)92-71(66-86-73(78)60-56-52-48-44-40-36-31-27-23-19-15-11-7-3)68-90-94(83,84)88-64-69(76)63-87-93(81,82)89-67-70(91-74(79)61-57-53-49-45-41-37-32-28-24-20-16-12-8-4)65-85-72(77)59-55-51-47-43-39-35-30-26-22-18-14-10-6-2/h25-34,69-71,76H,5-24,35-68H2,1-4H3,(H,81,82)(H,83,84)/b29-25-,30-26-,31-27-,32-28-,34-33-/t69-,70+,71+/m0/s1. The maximum atomic E-state index is 13.0. The number of carbonyl (C=O) groups excluding carboxylic acids is 4. The third-order valence-electron chi connectivity index (χ3n) is 16.0. The number of aliphatic hydroxyl groups is 1. The quantitative estimate of drug-likeness (QED) is 0.0128. The molecule has 0 saturated carbocycles. The van der Waals surface area contributed by atoms with Crippen LogP contribution in [0.1, 0.15) is 336 Å². The maximum Gasteiger partial charge on any atom is 0.472 e. The Morgan fingerprint density at radius 2 is 0.521 bits per heavy atom. The van der Waals surface area contributed by atoms with Crippen LogP contribution in [-0.2, 0) is 65.4 Å². The lowest BCUT2D eigenvalue weighted by molar-refractivity contribution is -0.161. The summed E-state index contributed by atoms with van der Waals surface area (Å²) in [5.41, 5.74) is 0. The van der Waals surface area contributed by atoms with Gasteiger partial charge < -0.3 is 33.8 Å². The van der Waals surface area contributed by atoms with Gasteiger partial charge in [-0.25, -0.2) is 9.13 Å². The van der Waals surface area contributed by atoms with Crippen LogP contribution in [-0.4, -0.2) is 96.7 Å². The van der Waals surface area contributed by atoms with Gasteiger partial charge in [0.25, 0.3) is 0 Å². The van der Waals surface area contributed by atoms with E-state index in [9.17, 15) is 43.2 Å². The summed E-state index contributed by atoms with van der Waals surface area (Å²) in [4.78, 5) is 72.7. The molecule has 0 aromatic carbocycles. The van der Waals surface area contributed by atoms with Gasteiger partial charge in [0.1, 0.15) is 19.3 Å². The molecule has 0 aromatic rings. The highest BCUT2D eigenvalue weighted by Crippen LogP contribution is 2.45. The summed E-state index contributed by atoms with van der Waals surface area (Å²) in [6, 6.07) is 0. The fourth-order valence-electron chi connectivity index (χ4n) is 10.1. The molecule has 0 bridgehead atoms. The Hall–Kier alpha value is -3.24. The van der Waals surface area contributed by atoms with Gasteiger partial charge in [-0.1, -0.05) is 243 Å². The van der Waals surface area contributed by atoms with E-state index in [0.29, 0.717) is 25.7 Å². The van der Waals surface area contributed by atoms with Crippen molar-refractivity contribution < 1.29 is 80.2 Å². The Morgan fingerprint density at radius 3 is 0.798 bits per heavy atom. The number of unbranched alkanes of at least 4 members (excludes halogenated alkanes) is 36. The van der Waals surface area contributed by atoms with Gasteiger partial charge in [0.05, 0.1) is 26.4 Å². The monoisotopic (exact) mass is 1370 g/mol. The molecule has 0 aliphatic carbocycles. The van der Waals surface area contributed by atoms with Crippen LogP contribution in [0.5, 0.6) is 0 Å². The lowest BCUT2D eigenvalue weighted by Gasteiger charge is -2.21. The van der Waals surface area contributed by atoms with E-state index in [1.54, 1.807) is 0 Å². The van der Waals surface area contributed by atoms with Crippen molar-refractivity contribution in [3.05, 3.63) is 60.8 Å². The zero-order chi connectivity index (χ0) is 69.0. The zero-order valence-electron chi connectivity index (χ0n) is 59.6. The molecule has 0 amide bonds. The van der Waals surface area contributed by atoms with E-state index in [2.05, 4.69) is 88.5 Å². The molecular formula is C75H136O17P2. The van der Waals surface area contributed by atoms with E-state index in [1.807, 2.05) is 0 Å². The van der Waals surface area contributed by atoms with Gasteiger partial charge in [-0.2, -0.15) is 0 Å². The molecule has 0 heterocycles. The van der Waals surface area contributed by atoms with E-state index in [1.165, 1.54) is 103 Å². The Bertz CT molecular complexity index is 2030. The number of ether oxygens (including phenoxy) is 4. The molecule has 0 radical (unpaired) electrons. The van der Waals surface area contributed by atoms with E-state index >= 15 is 0 Å². The second-order valence-electron chi connectivity index (χ2n) is 25.3. The first-order valence-electron chi connectivity index (χ1n) is 37.5. The average molecular weight is 1370 g/mol. The van der Waals surface area contributed by atoms with Crippen LogP contribution in [0, 0.1) is 0 Å². The minimum absolute atomic E-state index is 0.0790. The molecule has 5 atom stereocenters. The Balaban J connectivity index is 5.35. The molecule has 548 valence electrons. The van der Waals surface area contributed by atoms with Crippen LogP contribution >= 0.6 is 15.6 Å². The van der Waals surface area contributed by atoms with Gasteiger partial charge in [-0.15, -0.1) is 0 Å². The first-order valence-corrected chi connectivity index (χ1v) is 40.5. The number of hydrogen-bond acceptors (Lipinski definition) is 15. The molecule has 3 N–H and O–H groups in total. The maximum absolute atomic E-state index is 13.0. The second kappa shape index (κ2) is 68.3. The Labute approximate surface area is 571 Å². The number of rotatable bonds is 71. The average Bonchev–Trinajstić information content (AvgIpc) is 2.26. The van der Waals surface area contributed by atoms with Crippen LogP contribution < -0.4 is 0 Å². The number of aliphatic hydroxyl groups excluding tert-OH is 1. The SMILES string of the molecule is CCCCCC/C=C\C=C/CCCCCCCC(=O)O[C@H](COC(=O)CCCCCCC/C=C\CCCCCC)COP(=O)(O)OC[C@@H](O)COP(=O)(O)OC[C@@H](COC(=O)CCCCCCC/C=C\CCCCCC)OC(=O)CCCCCCC/C=C\CCCCCC. The van der Waals surface area contributed by atoms with Crippen molar-refractivity contribution in [1.82, 2.24) is 0 Å². The van der Waals surface area contributed by atoms with E-state index < -0.39 is 97.5 Å². The number of phosphoric acid groups is 2. The fraction of sp³-hybridized carbons (Fsp3) is 0.813. The third-order valence-corrected chi connectivity index (χ3v) is 17.9. The fourth-order valence-corrected chi connectivity index (χ4v) is 11.7. The predicted molar refractivity (Wildman–Crippen MR) is 381 cm³/mol. The van der Waals surface area contributed by atoms with Crippen molar-refractivity contribution in [3.63, 3.8) is 0 Å². The Kier molecular flexibility index (Phi) is 65.9. The molecule has 0 saturated heterocycles. The van der Waals surface area contributed by atoms with Gasteiger partial charge in [0, 0.05) is 25.7 Å². The van der Waals surface area contributed by atoms with Gasteiger partial charge in [-0.05, 0) is 128 Å². The van der Waals surface area contributed by atoms with Crippen molar-refractivity contribution >= 4 is 39.5 Å². The van der Waals surface area contributed by atoms with Crippen molar-refractivity contribution in [1.29, 1.82) is 0 Å². The van der Waals surface area contributed by atoms with Gasteiger partial charge in [0.2, 0.25) is 0 Å². The smallest absolute Gasteiger partial charge is 0.462 e. The molecule has 94 heavy (non-hydrogen) atoms. The molecule has 0 spiro atoms. The summed E-state index contributed by atoms with van der Waals surface area (Å²) in [5.74, 6) is -2.20. The van der Waals surface area contributed by atoms with Crippen LogP contribution in [0.4, 0.5) is 0 Å². The normalized spacial score (nSPS) is 14.3. The summed E-state index contributed by atoms with van der Waals surface area (Å²) in [5, 5.41) is 10.6. The topological polar surface area (TPSA) is 237 Å². The Morgan fingerprint density at radius 1 is 0.298 bits per heavy atom. The summed E-state index contributed by atoms with van der Waals surface area (Å²) in [7, 11) is -9.94. The third kappa shape index (κ3) is 67.3. The summed E-state index contributed by atoms with van der Waals surface area (Å²) in [6.07, 6.45) is 65.0. The lowest BCUT2D eigenvalue weighted by atomic mass is 10.1. The zero-order valence-corrected chi connectivity index (χ0v) is 61.4. The van der Waals surface area contributed by atoms with Gasteiger partial charge in [0.15, 0.2) is 12.2 Å². The van der Waals surface area contributed by atoms with Crippen LogP contribution in [0.2, 0.25) is 0 Å². The highest BCUT2D eigenvalue weighted by Gasteiger charge is 2.30. The number of allylic oxidation sites excluding steroid dienone is 10. The van der Waals surface area contributed by atoms with Crippen LogP contribution in [0.15, 0.2) is 60.8 Å². The first kappa shape index (κ1) is 90.8. The second-order valence-corrected chi connectivity index (χ2v) is 28.2. The molecule has 0 aliphatic rings. The first-order chi connectivity index (χ1) is 45.7. The molecule has 0 aliphatic heterocycles. The van der Waals surface area contributed by atoms with Crippen molar-refractivity contribution in [2.75, 3.05) is 39.6 Å². The highest BCUT2D eigenvalue weighted by molar-refractivity contribution is 7.47. The lowest BCUT2D eigenvalue weighted by Crippen LogP contribution is -2.30. The summed E-state index contributed by atoms with van der Waals surface area (Å²) in [6.45, 7) is 4.79. The molecular weight excluding hydrogens is 1230 g/mol. The number of carbonyl (C=O) groups is 4. The highest BCUT2D eigenvalue weighted by atomic mass is 31.2. The van der Waals surface area contributed by atoms with Crippen molar-refractivity contribution in [2.24, 2.45) is 0 Å². The molecule has 0 aromatic heterocycles. The van der Waals surface area contributed by atoms with Gasteiger partial charge >= 0.3 is 39.5 Å². The number of phosphoric ester groups is 2. The van der Waals surface area contributed by atoms with Crippen molar-refractivity contribution in [3.8, 4) is 0 Å². The minimum Gasteiger partial charge on any atom is -0.462 e. The minimum atomic E-state index is -4.97. The molecule has 0 rings (SSSR count). The summed E-state index contributed by atoms with van der Waals surface area (Å²) >= 11 is 0. The molecule has 17 nitrogen and oxygen atoms in total. The largest absolute Gasteiger partial charge is 0.472 e. The van der Waals surface area contributed by atoms with Gasteiger partial charge in [-0.3, -0.25) is 37.3 Å². The predicted octanol–water partition coefficient (Wildman–Crippen LogP) is 21.1. The van der Waals surface area contributed by atoms with E-state index in [0.717, 1.165) is 154 Å². The van der Waals surface area contributed by atoms with E-state index in [4.69, 9.17) is 37.0 Å². The van der Waals surface area contributed by atoms with Crippen LogP contribution in [0.3, 0.4) is 0 Å². The van der Waals surface area contributed by atoms with Crippen LogP contribution in [0.25, 0.3) is 0 Å². The summed E-state index contributed by atoms with van der Waals surface area (Å²) < 4.78 is 68.4. The molecule has 0 fully saturated rings. The number of esters is 4. The van der Waals surface area contributed by atoms with E-state index in [-0.39, 0.29) is 25.7 Å². The number of hydrogen-bond donors (Lipinski definition) is 3.